The van der Waals surface area contributed by atoms with Crippen LogP contribution in [0.15, 0.2) is 40.8 Å². The van der Waals surface area contributed by atoms with Crippen LogP contribution in [-0.2, 0) is 26.2 Å². The van der Waals surface area contributed by atoms with Crippen molar-refractivity contribution in [3.63, 3.8) is 0 Å². The molecule has 4 unspecified atom stereocenters. The van der Waals surface area contributed by atoms with Gasteiger partial charge in [0.25, 0.3) is 0 Å². The first-order valence-electron chi connectivity index (χ1n) is 14.1. The molecule has 220 valence electrons. The molecule has 6 rings (SSSR count). The number of carbonyl (C=O) groups is 3. The van der Waals surface area contributed by atoms with Gasteiger partial charge >= 0.3 is 5.97 Å². The Morgan fingerprint density at radius 1 is 1.14 bits per heavy atom. The highest BCUT2D eigenvalue weighted by Crippen LogP contribution is 2.58. The number of hydrogen-bond donors (Lipinski definition) is 3. The zero-order chi connectivity index (χ0) is 29.9. The van der Waals surface area contributed by atoms with E-state index in [-0.39, 0.29) is 53.8 Å². The molecular formula is C31H33ClN4O6. The Hall–Kier alpha value is -4.05. The van der Waals surface area contributed by atoms with Gasteiger partial charge in [0, 0.05) is 34.7 Å². The Balaban J connectivity index is 1.62. The Morgan fingerprint density at radius 3 is 2.64 bits per heavy atom. The number of amides is 2. The van der Waals surface area contributed by atoms with Crippen molar-refractivity contribution >= 4 is 35.1 Å². The first kappa shape index (κ1) is 28.1. The Kier molecular flexibility index (Phi) is 6.92. The number of anilines is 1. The molecule has 3 aromatic rings. The number of halogens is 1. The van der Waals surface area contributed by atoms with E-state index in [1.165, 1.54) is 7.11 Å². The predicted octanol–water partition coefficient (Wildman–Crippen LogP) is 4.49. The summed E-state index contributed by atoms with van der Waals surface area (Å²) < 4.78 is 18.2. The lowest BCUT2D eigenvalue weighted by atomic mass is 9.72. The van der Waals surface area contributed by atoms with E-state index in [9.17, 15) is 14.4 Å². The summed E-state index contributed by atoms with van der Waals surface area (Å²) in [6.07, 6.45) is -0.160. The third kappa shape index (κ3) is 4.40. The van der Waals surface area contributed by atoms with Crippen molar-refractivity contribution < 1.29 is 28.3 Å². The second kappa shape index (κ2) is 10.3. The number of methoxy groups -OCH3 is 1. The van der Waals surface area contributed by atoms with Gasteiger partial charge in [-0.3, -0.25) is 9.59 Å². The van der Waals surface area contributed by atoms with Crippen LogP contribution >= 0.6 is 11.6 Å². The second-order valence-electron chi connectivity index (χ2n) is 11.8. The highest BCUT2D eigenvalue weighted by Gasteiger charge is 2.61. The van der Waals surface area contributed by atoms with Crippen molar-refractivity contribution in [1.82, 2.24) is 15.6 Å². The van der Waals surface area contributed by atoms with Gasteiger partial charge < -0.3 is 29.8 Å². The van der Waals surface area contributed by atoms with Crippen LogP contribution in [0.2, 0.25) is 5.02 Å². The van der Waals surface area contributed by atoms with E-state index in [1.54, 1.807) is 6.07 Å². The standard InChI is InChI=1S/C31H33ClN4O6/c1-14(2)10-23(37)33-21-12-16-6-9-22-19(11-16)31(18-13-17(32)7-8-20(18)34-30(31)41-22)26-25(29(39)40-5)36-28(42-26)24(15(3)4)35-27(21)38/h6-9,11,13-15,21,24,30,34H,10,12H2,1-5H3,(H,33,37)(H,35,38). The topological polar surface area (TPSA) is 132 Å². The molecule has 0 saturated heterocycles. The molecule has 3 N–H and O–H groups in total. The highest BCUT2D eigenvalue weighted by molar-refractivity contribution is 6.30. The van der Waals surface area contributed by atoms with Gasteiger partial charge in [0.1, 0.15) is 23.2 Å². The number of oxazole rings is 1. The van der Waals surface area contributed by atoms with Gasteiger partial charge in [-0.25, -0.2) is 9.78 Å². The third-order valence-corrected chi connectivity index (χ3v) is 8.33. The molecule has 1 spiro atoms. The number of carbonyl (C=O) groups excluding carboxylic acids is 3. The van der Waals surface area contributed by atoms with Crippen LogP contribution in [0.1, 0.15) is 79.0 Å². The van der Waals surface area contributed by atoms with E-state index >= 15 is 0 Å². The van der Waals surface area contributed by atoms with Crippen molar-refractivity contribution in [3.05, 3.63) is 75.5 Å². The van der Waals surface area contributed by atoms with Crippen LogP contribution in [0.4, 0.5) is 5.69 Å². The summed E-state index contributed by atoms with van der Waals surface area (Å²) in [5.74, 6) is -0.361. The zero-order valence-electron chi connectivity index (χ0n) is 24.0. The lowest BCUT2D eigenvalue weighted by molar-refractivity contribution is -0.130. The van der Waals surface area contributed by atoms with Gasteiger partial charge in [-0.05, 0) is 41.7 Å². The maximum atomic E-state index is 13.7. The fourth-order valence-electron chi connectivity index (χ4n) is 6.18. The molecule has 3 aliphatic rings. The number of rotatable bonds is 5. The zero-order valence-corrected chi connectivity index (χ0v) is 24.8. The molecule has 0 saturated carbocycles. The summed E-state index contributed by atoms with van der Waals surface area (Å²) in [4.78, 5) is 44.5. The largest absolute Gasteiger partial charge is 0.469 e. The third-order valence-electron chi connectivity index (χ3n) is 8.10. The van der Waals surface area contributed by atoms with Gasteiger partial charge in [-0.15, -0.1) is 0 Å². The van der Waals surface area contributed by atoms with Gasteiger partial charge in [0.05, 0.1) is 7.11 Å². The van der Waals surface area contributed by atoms with Gasteiger partial charge in [-0.2, -0.15) is 0 Å². The molecule has 4 atom stereocenters. The van der Waals surface area contributed by atoms with Crippen LogP contribution in [0.25, 0.3) is 0 Å². The number of nitrogens with one attached hydrogen (secondary N) is 3. The van der Waals surface area contributed by atoms with Gasteiger partial charge in [0.2, 0.25) is 17.7 Å². The molecule has 0 aliphatic carbocycles. The van der Waals surface area contributed by atoms with Crippen molar-refractivity contribution in [2.24, 2.45) is 11.8 Å². The molecule has 42 heavy (non-hydrogen) atoms. The van der Waals surface area contributed by atoms with E-state index < -0.39 is 29.7 Å². The Labute approximate surface area is 248 Å². The molecule has 1 aromatic heterocycles. The molecule has 0 fully saturated rings. The molecule has 3 aliphatic heterocycles. The number of esters is 1. The Bertz CT molecular complexity index is 1600. The number of fused-ring (bicyclic) bond motifs is 4. The summed E-state index contributed by atoms with van der Waals surface area (Å²) in [5.41, 5.74) is 1.87. The molecule has 11 heteroatoms. The number of ether oxygens (including phenoxy) is 2. The van der Waals surface area contributed by atoms with Crippen molar-refractivity contribution in [3.8, 4) is 5.75 Å². The van der Waals surface area contributed by atoms with Crippen molar-refractivity contribution in [2.75, 3.05) is 12.4 Å². The quantitative estimate of drug-likeness (QED) is 0.369. The summed E-state index contributed by atoms with van der Waals surface area (Å²) in [6.45, 7) is 7.73. The molecule has 0 radical (unpaired) electrons. The summed E-state index contributed by atoms with van der Waals surface area (Å²) >= 11 is 6.53. The van der Waals surface area contributed by atoms with E-state index in [2.05, 4.69) is 20.9 Å². The summed E-state index contributed by atoms with van der Waals surface area (Å²) in [6, 6.07) is 9.55. The predicted molar refractivity (Wildman–Crippen MR) is 154 cm³/mol. The lowest BCUT2D eigenvalue weighted by Gasteiger charge is -2.28. The van der Waals surface area contributed by atoms with Crippen LogP contribution in [0.3, 0.4) is 0 Å². The maximum Gasteiger partial charge on any atom is 0.360 e. The second-order valence-corrected chi connectivity index (χ2v) is 12.3. The number of nitrogens with zero attached hydrogens (tertiary/aromatic N) is 1. The van der Waals surface area contributed by atoms with E-state index in [4.69, 9.17) is 25.5 Å². The molecule has 10 nitrogen and oxygen atoms in total. The van der Waals surface area contributed by atoms with E-state index in [0.29, 0.717) is 10.8 Å². The monoisotopic (exact) mass is 592 g/mol. The Morgan fingerprint density at radius 2 is 1.93 bits per heavy atom. The normalized spacial score (nSPS) is 23.6. The minimum Gasteiger partial charge on any atom is -0.469 e. The first-order valence-corrected chi connectivity index (χ1v) is 14.5. The minimum absolute atomic E-state index is 0.0186. The van der Waals surface area contributed by atoms with E-state index in [0.717, 1.165) is 22.4 Å². The van der Waals surface area contributed by atoms with Crippen molar-refractivity contribution in [2.45, 2.75) is 64.3 Å². The minimum atomic E-state index is -1.15. The SMILES string of the molecule is COC(=O)c1nc2oc1C13c4cc(Cl)ccc4NC1Oc1ccc(cc13)CC(NC(=O)CC(C)C)C(=O)NC2C(C)C. The molecule has 4 bridgehead atoms. The fourth-order valence-corrected chi connectivity index (χ4v) is 6.35. The van der Waals surface area contributed by atoms with E-state index in [1.807, 2.05) is 58.0 Å². The fraction of sp³-hybridized carbons (Fsp3) is 0.419. The number of hydrogen-bond acceptors (Lipinski definition) is 8. The molecule has 2 aromatic carbocycles. The number of aromatic nitrogens is 1. The van der Waals surface area contributed by atoms with Crippen LogP contribution in [-0.4, -0.2) is 42.1 Å². The molecular weight excluding hydrogens is 560 g/mol. The number of benzene rings is 2. The smallest absolute Gasteiger partial charge is 0.360 e. The van der Waals surface area contributed by atoms with Crippen LogP contribution in [0.5, 0.6) is 5.75 Å². The van der Waals surface area contributed by atoms with Gasteiger partial charge in [0.15, 0.2) is 17.7 Å². The van der Waals surface area contributed by atoms with Crippen LogP contribution < -0.4 is 20.7 Å². The highest BCUT2D eigenvalue weighted by atomic mass is 35.5. The first-order chi connectivity index (χ1) is 20.0. The maximum absolute atomic E-state index is 13.7. The molecule has 4 heterocycles. The van der Waals surface area contributed by atoms with Crippen LogP contribution in [0, 0.1) is 11.8 Å². The average molecular weight is 593 g/mol. The van der Waals surface area contributed by atoms with Gasteiger partial charge in [-0.1, -0.05) is 51.4 Å². The summed E-state index contributed by atoms with van der Waals surface area (Å²) in [5, 5.41) is 9.90. The lowest BCUT2D eigenvalue weighted by Crippen LogP contribution is -2.49. The average Bonchev–Trinajstić information content (AvgIpc) is 3.59. The van der Waals surface area contributed by atoms with Crippen molar-refractivity contribution in [1.29, 1.82) is 0 Å². The summed E-state index contributed by atoms with van der Waals surface area (Å²) in [7, 11) is 1.28. The molecule has 2 amide bonds.